The lowest BCUT2D eigenvalue weighted by molar-refractivity contribution is -0.122. The topological polar surface area (TPSA) is 100 Å². The molecule has 0 fully saturated rings. The molecular formula is C24H31N3O4S. The predicted octanol–water partition coefficient (Wildman–Crippen LogP) is 3.30. The van der Waals surface area contributed by atoms with Gasteiger partial charge in [0.1, 0.15) is 6.04 Å². The number of H-pyrrole nitrogens is 1. The summed E-state index contributed by atoms with van der Waals surface area (Å²) < 4.78 is 33.8. The first-order valence-corrected chi connectivity index (χ1v) is 12.2. The quantitative estimate of drug-likeness (QED) is 0.385. The molecule has 0 aliphatic heterocycles. The molecule has 0 aliphatic rings. The normalized spacial score (nSPS) is 13.7. The van der Waals surface area contributed by atoms with Crippen molar-refractivity contribution in [3.05, 3.63) is 65.9 Å². The summed E-state index contributed by atoms with van der Waals surface area (Å²) in [5.41, 5.74) is 2.78. The summed E-state index contributed by atoms with van der Waals surface area (Å²) in [6.45, 7) is 4.31. The van der Waals surface area contributed by atoms with Crippen LogP contribution in [0, 0.1) is 6.92 Å². The van der Waals surface area contributed by atoms with Gasteiger partial charge in [-0.1, -0.05) is 35.9 Å². The second-order valence-corrected chi connectivity index (χ2v) is 9.74. The second-order valence-electron chi connectivity index (χ2n) is 8.03. The number of carbonyl (C=O) groups excluding carboxylic acids is 1. The van der Waals surface area contributed by atoms with Gasteiger partial charge in [0, 0.05) is 30.8 Å². The maximum absolute atomic E-state index is 13.0. The monoisotopic (exact) mass is 457 g/mol. The van der Waals surface area contributed by atoms with Crippen LogP contribution in [0.1, 0.15) is 30.9 Å². The number of aryl methyl sites for hydroxylation is 1. The SMILES string of the molecule is COC(C)CCCNC(=O)[C@H](Cc1c[nH]c2ccccc12)NS(=O)(=O)c1ccc(C)cc1. The summed E-state index contributed by atoms with van der Waals surface area (Å²) in [5, 5.41) is 3.84. The van der Waals surface area contributed by atoms with E-state index in [1.54, 1.807) is 31.4 Å². The van der Waals surface area contributed by atoms with Crippen LogP contribution in [0.5, 0.6) is 0 Å². The molecule has 3 aromatic rings. The van der Waals surface area contributed by atoms with Gasteiger partial charge in [-0.05, 0) is 56.9 Å². The van der Waals surface area contributed by atoms with Crippen LogP contribution in [0.2, 0.25) is 0 Å². The van der Waals surface area contributed by atoms with Gasteiger partial charge in [-0.25, -0.2) is 8.42 Å². The zero-order valence-electron chi connectivity index (χ0n) is 18.7. The van der Waals surface area contributed by atoms with Crippen LogP contribution >= 0.6 is 0 Å². The standard InChI is InChI=1S/C24H31N3O4S/c1-17-10-12-20(13-11-17)32(29,30)27-23(24(28)25-14-6-7-18(2)31-3)15-19-16-26-22-9-5-4-8-21(19)22/h4-5,8-13,16,18,23,26-27H,6-7,14-15H2,1-3H3,(H,25,28)/t18?,23-/m0/s1. The van der Waals surface area contributed by atoms with Crippen molar-refractivity contribution >= 4 is 26.8 Å². The van der Waals surface area contributed by atoms with E-state index in [0.29, 0.717) is 6.54 Å². The highest BCUT2D eigenvalue weighted by atomic mass is 32.2. The molecule has 0 bridgehead atoms. The van der Waals surface area contributed by atoms with Crippen molar-refractivity contribution in [1.29, 1.82) is 0 Å². The number of rotatable bonds is 11. The van der Waals surface area contributed by atoms with Crippen molar-refractivity contribution in [2.75, 3.05) is 13.7 Å². The third kappa shape index (κ3) is 6.18. The maximum atomic E-state index is 13.0. The fourth-order valence-corrected chi connectivity index (χ4v) is 4.72. The van der Waals surface area contributed by atoms with Gasteiger partial charge in [0.15, 0.2) is 0 Å². The first-order valence-electron chi connectivity index (χ1n) is 10.7. The van der Waals surface area contributed by atoms with Gasteiger partial charge >= 0.3 is 0 Å². The highest BCUT2D eigenvalue weighted by Gasteiger charge is 2.26. The smallest absolute Gasteiger partial charge is 0.241 e. The molecule has 2 atom stereocenters. The summed E-state index contributed by atoms with van der Waals surface area (Å²) >= 11 is 0. The number of sulfonamides is 1. The van der Waals surface area contributed by atoms with Crippen molar-refractivity contribution < 1.29 is 17.9 Å². The molecule has 172 valence electrons. The number of nitrogens with one attached hydrogen (secondary N) is 3. The molecule has 8 heteroatoms. The van der Waals surface area contributed by atoms with E-state index >= 15 is 0 Å². The number of amides is 1. The minimum absolute atomic E-state index is 0.106. The molecule has 0 spiro atoms. The molecule has 0 aliphatic carbocycles. The van der Waals surface area contributed by atoms with E-state index in [2.05, 4.69) is 15.0 Å². The zero-order valence-corrected chi connectivity index (χ0v) is 19.5. The van der Waals surface area contributed by atoms with Crippen molar-refractivity contribution in [3.63, 3.8) is 0 Å². The molecule has 0 radical (unpaired) electrons. The number of benzene rings is 2. The van der Waals surface area contributed by atoms with Gasteiger partial charge < -0.3 is 15.0 Å². The summed E-state index contributed by atoms with van der Waals surface area (Å²) in [7, 11) is -2.21. The highest BCUT2D eigenvalue weighted by molar-refractivity contribution is 7.89. The predicted molar refractivity (Wildman–Crippen MR) is 126 cm³/mol. The van der Waals surface area contributed by atoms with Crippen molar-refractivity contribution in [2.24, 2.45) is 0 Å². The van der Waals surface area contributed by atoms with Crippen LogP contribution < -0.4 is 10.0 Å². The van der Waals surface area contributed by atoms with E-state index < -0.39 is 16.1 Å². The van der Waals surface area contributed by atoms with Crippen LogP contribution in [0.15, 0.2) is 59.6 Å². The minimum atomic E-state index is -3.87. The molecule has 32 heavy (non-hydrogen) atoms. The highest BCUT2D eigenvalue weighted by Crippen LogP contribution is 2.20. The Morgan fingerprint density at radius 2 is 1.84 bits per heavy atom. The van der Waals surface area contributed by atoms with Crippen LogP contribution in [-0.2, 0) is 26.0 Å². The molecule has 2 aromatic carbocycles. The number of carbonyl (C=O) groups is 1. The van der Waals surface area contributed by atoms with Gasteiger partial charge in [0.25, 0.3) is 0 Å². The number of hydrogen-bond acceptors (Lipinski definition) is 4. The molecule has 1 unspecified atom stereocenters. The summed E-state index contributed by atoms with van der Waals surface area (Å²) in [6, 6.07) is 13.4. The van der Waals surface area contributed by atoms with Crippen molar-refractivity contribution in [3.8, 4) is 0 Å². The van der Waals surface area contributed by atoms with Gasteiger partial charge in [-0.15, -0.1) is 0 Å². The zero-order chi connectivity index (χ0) is 23.1. The van der Waals surface area contributed by atoms with E-state index in [9.17, 15) is 13.2 Å². The molecule has 1 aromatic heterocycles. The largest absolute Gasteiger partial charge is 0.382 e. The number of hydrogen-bond donors (Lipinski definition) is 3. The average Bonchev–Trinajstić information content (AvgIpc) is 3.19. The van der Waals surface area contributed by atoms with E-state index in [1.165, 1.54) is 0 Å². The number of aromatic amines is 1. The molecular weight excluding hydrogens is 426 g/mol. The number of ether oxygens (including phenoxy) is 1. The summed E-state index contributed by atoms with van der Waals surface area (Å²) in [6.07, 6.45) is 3.71. The fourth-order valence-electron chi connectivity index (χ4n) is 3.52. The number of para-hydroxylation sites is 1. The Morgan fingerprint density at radius 1 is 1.12 bits per heavy atom. The van der Waals surface area contributed by atoms with Gasteiger partial charge in [0.2, 0.25) is 15.9 Å². The lowest BCUT2D eigenvalue weighted by Gasteiger charge is -2.19. The maximum Gasteiger partial charge on any atom is 0.241 e. The van der Waals surface area contributed by atoms with E-state index in [-0.39, 0.29) is 23.3 Å². The van der Waals surface area contributed by atoms with Crippen LogP contribution in [0.4, 0.5) is 0 Å². The Kier molecular flexibility index (Phi) is 8.06. The Balaban J connectivity index is 1.78. The molecule has 1 amide bonds. The molecule has 0 saturated heterocycles. The number of aromatic nitrogens is 1. The third-order valence-corrected chi connectivity index (χ3v) is 7.02. The summed E-state index contributed by atoms with van der Waals surface area (Å²) in [5.74, 6) is -0.351. The Morgan fingerprint density at radius 3 is 2.56 bits per heavy atom. The van der Waals surface area contributed by atoms with Gasteiger partial charge in [-0.2, -0.15) is 4.72 Å². The molecule has 0 saturated carbocycles. The first kappa shape index (κ1) is 24.0. The van der Waals surface area contributed by atoms with E-state index in [1.807, 2.05) is 44.3 Å². The fraction of sp³-hybridized carbons (Fsp3) is 0.375. The van der Waals surface area contributed by atoms with Gasteiger partial charge in [-0.3, -0.25) is 4.79 Å². The van der Waals surface area contributed by atoms with Crippen molar-refractivity contribution in [2.45, 2.75) is 50.2 Å². The molecule has 3 N–H and O–H groups in total. The first-order chi connectivity index (χ1) is 15.3. The van der Waals surface area contributed by atoms with Crippen LogP contribution in [0.25, 0.3) is 10.9 Å². The van der Waals surface area contributed by atoms with Crippen LogP contribution in [0.3, 0.4) is 0 Å². The number of fused-ring (bicyclic) bond motifs is 1. The van der Waals surface area contributed by atoms with E-state index in [0.717, 1.165) is 34.9 Å². The van der Waals surface area contributed by atoms with Crippen LogP contribution in [-0.4, -0.2) is 45.1 Å². The lowest BCUT2D eigenvalue weighted by Crippen LogP contribution is -2.48. The second kappa shape index (κ2) is 10.8. The lowest BCUT2D eigenvalue weighted by atomic mass is 10.0. The third-order valence-electron chi connectivity index (χ3n) is 5.53. The molecule has 1 heterocycles. The van der Waals surface area contributed by atoms with Crippen molar-refractivity contribution in [1.82, 2.24) is 15.0 Å². The number of methoxy groups -OCH3 is 1. The Bertz CT molecular complexity index is 1140. The van der Waals surface area contributed by atoms with Gasteiger partial charge in [0.05, 0.1) is 11.0 Å². The average molecular weight is 458 g/mol. The Labute approximate surface area is 189 Å². The Hall–Kier alpha value is -2.68. The molecule has 7 nitrogen and oxygen atoms in total. The van der Waals surface area contributed by atoms with E-state index in [4.69, 9.17) is 4.74 Å². The molecule has 3 rings (SSSR count). The minimum Gasteiger partial charge on any atom is -0.382 e. The summed E-state index contributed by atoms with van der Waals surface area (Å²) in [4.78, 5) is 16.3.